The molecule has 1 heterocycles. The summed E-state index contributed by atoms with van der Waals surface area (Å²) in [5.74, 6) is -1.47. The summed E-state index contributed by atoms with van der Waals surface area (Å²) in [6, 6.07) is 1.37. The van der Waals surface area contributed by atoms with Gasteiger partial charge in [0.1, 0.15) is 11.6 Å². The average Bonchev–Trinajstić information content (AvgIpc) is 2.48. The molecule has 0 radical (unpaired) electrons. The van der Waals surface area contributed by atoms with Crippen LogP contribution in [-0.4, -0.2) is 29.6 Å². The van der Waals surface area contributed by atoms with Crippen molar-refractivity contribution >= 4 is 35.0 Å². The zero-order valence-corrected chi connectivity index (χ0v) is 12.6. The third-order valence-corrected chi connectivity index (χ3v) is 3.81. The Kier molecular flexibility index (Phi) is 4.44. The first kappa shape index (κ1) is 15.7. The number of carboxylic acids is 1. The largest absolute Gasteiger partial charge is 0.484 e. The van der Waals surface area contributed by atoms with Crippen LogP contribution in [0.4, 0.5) is 0 Å². The summed E-state index contributed by atoms with van der Waals surface area (Å²) in [5, 5.41) is 9.06. The summed E-state index contributed by atoms with van der Waals surface area (Å²) >= 11 is 12.0. The monoisotopic (exact) mass is 330 g/mol. The number of carbonyl (C=O) groups is 2. The number of rotatable bonds is 4. The highest BCUT2D eigenvalue weighted by atomic mass is 35.5. The van der Waals surface area contributed by atoms with Crippen molar-refractivity contribution in [3.8, 4) is 11.5 Å². The van der Waals surface area contributed by atoms with Crippen molar-refractivity contribution in [3.63, 3.8) is 0 Å². The maximum Gasteiger partial charge on any atom is 0.348 e. The van der Waals surface area contributed by atoms with E-state index in [1.807, 2.05) is 0 Å². The minimum Gasteiger partial charge on any atom is -0.484 e. The topological polar surface area (TPSA) is 72.8 Å². The highest BCUT2D eigenvalue weighted by Crippen LogP contribution is 2.45. The molecule has 1 aliphatic rings. The summed E-state index contributed by atoms with van der Waals surface area (Å²) in [6.07, 6.45) is -0.738. The highest BCUT2D eigenvalue weighted by molar-refractivity contribution is 6.43. The molecule has 2 rings (SSSR count). The Hall–Kier alpha value is -1.72. The molecule has 1 N–H and O–H groups in total. The second kappa shape index (κ2) is 5.95. The number of carboxylic acid groups (broad SMARTS) is 1. The van der Waals surface area contributed by atoms with Gasteiger partial charge in [0.25, 0.3) is 0 Å². The number of Topliss-reactive ketones (excluding diaryl/α,β-unsaturated/α-hetero) is 1. The van der Waals surface area contributed by atoms with Crippen LogP contribution in [0, 0.1) is 0 Å². The van der Waals surface area contributed by atoms with Crippen LogP contribution in [0.3, 0.4) is 0 Å². The molecular formula is C14H12Cl2O5. The zero-order valence-electron chi connectivity index (χ0n) is 11.1. The molecule has 21 heavy (non-hydrogen) atoms. The molecule has 5 nitrogen and oxygen atoms in total. The maximum absolute atomic E-state index is 12.3. The minimum atomic E-state index is -1.20. The van der Waals surface area contributed by atoms with Gasteiger partial charge in [0.15, 0.2) is 17.3 Å². The molecule has 7 heteroatoms. The Morgan fingerprint density at radius 2 is 2.10 bits per heavy atom. The Morgan fingerprint density at radius 1 is 1.43 bits per heavy atom. The normalized spacial score (nSPS) is 16.4. The van der Waals surface area contributed by atoms with E-state index in [2.05, 4.69) is 6.58 Å². The summed E-state index contributed by atoms with van der Waals surface area (Å²) in [5.41, 5.74) is 0.537. The number of hydrogen-bond acceptors (Lipinski definition) is 4. The first-order chi connectivity index (χ1) is 9.86. The SMILES string of the molecule is C=C(CC)C(=O)c1cc(Cl)c(Cl)c2c1OCC(C(=O)O)O2. The van der Waals surface area contributed by atoms with E-state index in [1.165, 1.54) is 6.07 Å². The van der Waals surface area contributed by atoms with Crippen molar-refractivity contribution < 1.29 is 24.2 Å². The lowest BCUT2D eigenvalue weighted by molar-refractivity contribution is -0.147. The van der Waals surface area contributed by atoms with Crippen LogP contribution in [0.25, 0.3) is 0 Å². The van der Waals surface area contributed by atoms with Gasteiger partial charge < -0.3 is 14.6 Å². The first-order valence-electron chi connectivity index (χ1n) is 6.13. The number of fused-ring (bicyclic) bond motifs is 1. The Morgan fingerprint density at radius 3 is 2.67 bits per heavy atom. The van der Waals surface area contributed by atoms with Crippen molar-refractivity contribution in [2.45, 2.75) is 19.4 Å². The van der Waals surface area contributed by atoms with Gasteiger partial charge in [0, 0.05) is 0 Å². The van der Waals surface area contributed by atoms with Crippen LogP contribution in [-0.2, 0) is 4.79 Å². The first-order valence-corrected chi connectivity index (χ1v) is 6.89. The standard InChI is InChI=1S/C14H12Cl2O5/c1-3-6(2)11(17)7-4-8(15)10(16)13-12(7)20-5-9(21-13)14(18)19/h4,9H,2-3,5H2,1H3,(H,18,19). The Labute approximate surface area is 131 Å². The van der Waals surface area contributed by atoms with Gasteiger partial charge >= 0.3 is 5.97 Å². The molecule has 1 aromatic carbocycles. The predicted molar refractivity (Wildman–Crippen MR) is 77.8 cm³/mol. The molecule has 1 unspecified atom stereocenters. The smallest absolute Gasteiger partial charge is 0.348 e. The number of ether oxygens (including phenoxy) is 2. The van der Waals surface area contributed by atoms with E-state index >= 15 is 0 Å². The molecule has 0 saturated carbocycles. The van der Waals surface area contributed by atoms with Crippen molar-refractivity contribution in [2.24, 2.45) is 0 Å². The van der Waals surface area contributed by atoms with Crippen molar-refractivity contribution in [1.29, 1.82) is 0 Å². The molecule has 0 aromatic heterocycles. The molecule has 0 aliphatic carbocycles. The second-order valence-corrected chi connectivity index (χ2v) is 5.21. The minimum absolute atomic E-state index is 0.0104. The van der Waals surface area contributed by atoms with Crippen LogP contribution >= 0.6 is 23.2 Å². The lowest BCUT2D eigenvalue weighted by Crippen LogP contribution is -2.37. The van der Waals surface area contributed by atoms with E-state index in [1.54, 1.807) is 6.92 Å². The lowest BCUT2D eigenvalue weighted by Gasteiger charge is -2.26. The van der Waals surface area contributed by atoms with Gasteiger partial charge in [-0.15, -0.1) is 0 Å². The van der Waals surface area contributed by atoms with Gasteiger partial charge in [-0.05, 0) is 18.1 Å². The van der Waals surface area contributed by atoms with Crippen molar-refractivity contribution in [2.75, 3.05) is 6.61 Å². The average molecular weight is 331 g/mol. The van der Waals surface area contributed by atoms with E-state index < -0.39 is 12.1 Å². The molecule has 1 aromatic rings. The summed E-state index contributed by atoms with van der Waals surface area (Å²) in [6.45, 7) is 5.25. The maximum atomic E-state index is 12.3. The van der Waals surface area contributed by atoms with Crippen LogP contribution < -0.4 is 9.47 Å². The van der Waals surface area contributed by atoms with Gasteiger partial charge in [0.2, 0.25) is 6.10 Å². The summed E-state index contributed by atoms with van der Waals surface area (Å²) in [4.78, 5) is 23.2. The van der Waals surface area contributed by atoms with Gasteiger partial charge in [-0.25, -0.2) is 4.79 Å². The van der Waals surface area contributed by atoms with Crippen LogP contribution in [0.15, 0.2) is 18.2 Å². The van der Waals surface area contributed by atoms with Crippen LogP contribution in [0.1, 0.15) is 23.7 Å². The van der Waals surface area contributed by atoms with E-state index in [-0.39, 0.29) is 39.5 Å². The van der Waals surface area contributed by atoms with Crippen molar-refractivity contribution in [3.05, 3.63) is 33.8 Å². The van der Waals surface area contributed by atoms with Gasteiger partial charge in [-0.2, -0.15) is 0 Å². The lowest BCUT2D eigenvalue weighted by atomic mass is 10.0. The highest BCUT2D eigenvalue weighted by Gasteiger charge is 2.33. The number of allylic oxidation sites excluding steroid dienone is 1. The molecule has 0 fully saturated rings. The Balaban J connectivity index is 2.54. The number of hydrogen-bond donors (Lipinski definition) is 1. The summed E-state index contributed by atoms with van der Waals surface area (Å²) < 4.78 is 10.7. The predicted octanol–water partition coefficient (Wildman–Crippen LogP) is 3.37. The van der Waals surface area contributed by atoms with Crippen LogP contribution in [0.2, 0.25) is 10.0 Å². The Bertz CT molecular complexity index is 639. The van der Waals surface area contributed by atoms with E-state index in [9.17, 15) is 9.59 Å². The quantitative estimate of drug-likeness (QED) is 0.676. The molecule has 1 aliphatic heterocycles. The third-order valence-electron chi connectivity index (χ3n) is 3.04. The molecule has 0 spiro atoms. The molecular weight excluding hydrogens is 319 g/mol. The molecule has 0 bridgehead atoms. The third kappa shape index (κ3) is 2.84. The number of carbonyl (C=O) groups excluding carboxylic acids is 1. The fraction of sp³-hybridized carbons (Fsp3) is 0.286. The fourth-order valence-electron chi connectivity index (χ4n) is 1.81. The van der Waals surface area contributed by atoms with E-state index in [0.717, 1.165) is 0 Å². The van der Waals surface area contributed by atoms with E-state index in [0.29, 0.717) is 12.0 Å². The van der Waals surface area contributed by atoms with Gasteiger partial charge in [-0.3, -0.25) is 4.79 Å². The summed E-state index contributed by atoms with van der Waals surface area (Å²) in [7, 11) is 0. The molecule has 112 valence electrons. The fourth-order valence-corrected chi connectivity index (χ4v) is 2.19. The van der Waals surface area contributed by atoms with Gasteiger partial charge in [0.05, 0.1) is 10.6 Å². The van der Waals surface area contributed by atoms with Crippen LogP contribution in [0.5, 0.6) is 11.5 Å². The number of ketones is 1. The van der Waals surface area contributed by atoms with Gasteiger partial charge in [-0.1, -0.05) is 36.7 Å². The number of halogens is 2. The zero-order chi connectivity index (χ0) is 15.7. The van der Waals surface area contributed by atoms with E-state index in [4.69, 9.17) is 37.8 Å². The molecule has 0 saturated heterocycles. The number of benzene rings is 1. The number of aliphatic carboxylic acids is 1. The van der Waals surface area contributed by atoms with Crippen molar-refractivity contribution in [1.82, 2.24) is 0 Å². The molecule has 0 amide bonds. The second-order valence-electron chi connectivity index (χ2n) is 4.42. The molecule has 1 atom stereocenters.